The summed E-state index contributed by atoms with van der Waals surface area (Å²) in [5.74, 6) is 1.40. The second kappa shape index (κ2) is 6.25. The highest BCUT2D eigenvalue weighted by Gasteiger charge is 2.39. The van der Waals surface area contributed by atoms with Gasteiger partial charge in [0.15, 0.2) is 8.32 Å². The molecule has 2 rings (SSSR count). The van der Waals surface area contributed by atoms with E-state index in [-0.39, 0.29) is 5.04 Å². The molecule has 126 valence electrons. The number of aryl methyl sites for hydroxylation is 2. The van der Waals surface area contributed by atoms with Crippen molar-refractivity contribution in [2.45, 2.75) is 58.2 Å². The van der Waals surface area contributed by atoms with Crippen LogP contribution in [0, 0.1) is 6.92 Å². The van der Waals surface area contributed by atoms with Crippen LogP contribution in [0.5, 0.6) is 0 Å². The van der Waals surface area contributed by atoms with E-state index in [2.05, 4.69) is 69.8 Å². The molecule has 0 fully saturated rings. The summed E-state index contributed by atoms with van der Waals surface area (Å²) in [7, 11) is -0.138. The molecule has 0 radical (unpaired) electrons. The minimum atomic E-state index is -2.20. The first-order chi connectivity index (χ1) is 10.5. The fraction of sp³-hybridized carbons (Fsp3) is 0.526. The van der Waals surface area contributed by atoms with Crippen molar-refractivity contribution in [3.8, 4) is 11.3 Å². The molecule has 2 aromatic rings. The molecular formula is C19H30N2OSi. The summed E-state index contributed by atoms with van der Waals surface area (Å²) in [6, 6.07) is 8.49. The summed E-state index contributed by atoms with van der Waals surface area (Å²) in [5, 5.41) is -0.0393. The molecular weight excluding hydrogens is 300 g/mol. The number of hydrogen-bond acceptors (Lipinski definition) is 2. The van der Waals surface area contributed by atoms with Crippen molar-refractivity contribution < 1.29 is 4.80 Å². The second-order valence-corrected chi connectivity index (χ2v) is 12.5. The van der Waals surface area contributed by atoms with Crippen molar-refractivity contribution in [3.05, 3.63) is 41.9 Å². The highest BCUT2D eigenvalue weighted by molar-refractivity contribution is 6.72. The SMILES string of the molecule is Cc1ccc(-c2cn(C)c(C(C)CC(C)(C)[Si](C)(C)O)n2)cc1. The molecule has 0 saturated heterocycles. The van der Waals surface area contributed by atoms with Crippen molar-refractivity contribution >= 4 is 8.32 Å². The molecule has 1 N–H and O–H groups in total. The zero-order valence-electron chi connectivity index (χ0n) is 15.5. The molecule has 3 nitrogen and oxygen atoms in total. The number of benzene rings is 1. The van der Waals surface area contributed by atoms with E-state index < -0.39 is 8.32 Å². The number of imidazole rings is 1. The lowest BCUT2D eigenvalue weighted by Crippen LogP contribution is -2.39. The average Bonchev–Trinajstić information content (AvgIpc) is 2.80. The fourth-order valence-corrected chi connectivity index (χ4v) is 3.71. The molecule has 23 heavy (non-hydrogen) atoms. The van der Waals surface area contributed by atoms with Gasteiger partial charge in [-0.15, -0.1) is 0 Å². The molecule has 4 heteroatoms. The van der Waals surface area contributed by atoms with Crippen LogP contribution < -0.4 is 0 Å². The van der Waals surface area contributed by atoms with Gasteiger partial charge in [0.05, 0.1) is 5.69 Å². The van der Waals surface area contributed by atoms with Crippen LogP contribution in [0.4, 0.5) is 0 Å². The fourth-order valence-electron chi connectivity index (χ4n) is 2.91. The maximum atomic E-state index is 10.5. The lowest BCUT2D eigenvalue weighted by molar-refractivity contribution is 0.422. The summed E-state index contributed by atoms with van der Waals surface area (Å²) >= 11 is 0. The van der Waals surface area contributed by atoms with Gasteiger partial charge in [-0.1, -0.05) is 50.6 Å². The number of hydrogen-bond donors (Lipinski definition) is 1. The van der Waals surface area contributed by atoms with Crippen molar-refractivity contribution in [2.75, 3.05) is 0 Å². The van der Waals surface area contributed by atoms with Gasteiger partial charge >= 0.3 is 0 Å². The topological polar surface area (TPSA) is 38.0 Å². The first-order valence-corrected chi connectivity index (χ1v) is 11.3. The molecule has 0 aliphatic heterocycles. The van der Waals surface area contributed by atoms with Crippen molar-refractivity contribution in [1.29, 1.82) is 0 Å². The summed E-state index contributed by atoms with van der Waals surface area (Å²) in [4.78, 5) is 15.4. The van der Waals surface area contributed by atoms with Gasteiger partial charge in [0.2, 0.25) is 0 Å². The predicted molar refractivity (Wildman–Crippen MR) is 100 cm³/mol. The van der Waals surface area contributed by atoms with Crippen LogP contribution in [0.15, 0.2) is 30.5 Å². The maximum Gasteiger partial charge on any atom is 0.188 e. The lowest BCUT2D eigenvalue weighted by atomic mass is 9.97. The zero-order chi connectivity index (χ0) is 17.4. The molecule has 1 atom stereocenters. The average molecular weight is 331 g/mol. The molecule has 1 aromatic heterocycles. The van der Waals surface area contributed by atoms with E-state index in [9.17, 15) is 4.80 Å². The molecule has 0 amide bonds. The quantitative estimate of drug-likeness (QED) is 0.795. The van der Waals surface area contributed by atoms with Crippen molar-refractivity contribution in [2.24, 2.45) is 7.05 Å². The summed E-state index contributed by atoms with van der Waals surface area (Å²) in [6.07, 6.45) is 3.05. The van der Waals surface area contributed by atoms with Crippen molar-refractivity contribution in [1.82, 2.24) is 9.55 Å². The van der Waals surface area contributed by atoms with Crippen LogP contribution in [0.3, 0.4) is 0 Å². The first kappa shape index (κ1) is 18.0. The Balaban J connectivity index is 2.26. The third-order valence-corrected chi connectivity index (χ3v) is 8.69. The molecule has 0 bridgehead atoms. The Bertz CT molecular complexity index is 666. The molecule has 0 aliphatic carbocycles. The Kier molecular flexibility index (Phi) is 4.88. The van der Waals surface area contributed by atoms with Gasteiger partial charge in [-0.2, -0.15) is 0 Å². The van der Waals surface area contributed by atoms with Crippen LogP contribution in [-0.4, -0.2) is 22.7 Å². The third kappa shape index (κ3) is 3.93. The summed E-state index contributed by atoms with van der Waals surface area (Å²) in [5.41, 5.74) is 3.43. The van der Waals surface area contributed by atoms with Gasteiger partial charge in [-0.3, -0.25) is 0 Å². The molecule has 0 saturated carbocycles. The smallest absolute Gasteiger partial charge is 0.188 e. The van der Waals surface area contributed by atoms with E-state index in [1.165, 1.54) is 5.56 Å². The van der Waals surface area contributed by atoms with E-state index in [0.717, 1.165) is 23.5 Å². The largest absolute Gasteiger partial charge is 0.432 e. The molecule has 0 spiro atoms. The standard InChI is InChI=1S/C19H30N2OSi/c1-14-8-10-16(11-9-14)17-13-21(5)18(20-17)15(2)12-19(3,4)23(6,7)22/h8-11,13,15,22H,12H2,1-7H3. The Morgan fingerprint density at radius 2 is 1.78 bits per heavy atom. The normalized spacial score (nSPS) is 14.1. The molecule has 1 heterocycles. The number of rotatable bonds is 5. The van der Waals surface area contributed by atoms with E-state index in [1.54, 1.807) is 0 Å². The van der Waals surface area contributed by atoms with Crippen LogP contribution in [0.1, 0.15) is 44.5 Å². The lowest BCUT2D eigenvalue weighted by Gasteiger charge is -2.36. The molecule has 1 unspecified atom stereocenters. The minimum Gasteiger partial charge on any atom is -0.432 e. The second-order valence-electron chi connectivity index (χ2n) is 8.01. The van der Waals surface area contributed by atoms with Crippen LogP contribution in [0.25, 0.3) is 11.3 Å². The van der Waals surface area contributed by atoms with Crippen LogP contribution in [-0.2, 0) is 7.05 Å². The first-order valence-electron chi connectivity index (χ1n) is 8.34. The van der Waals surface area contributed by atoms with Gasteiger partial charge in [-0.05, 0) is 31.5 Å². The molecule has 1 aromatic carbocycles. The molecule has 0 aliphatic rings. The Morgan fingerprint density at radius 1 is 1.22 bits per heavy atom. The van der Waals surface area contributed by atoms with Gasteiger partial charge in [0.25, 0.3) is 0 Å². The zero-order valence-corrected chi connectivity index (χ0v) is 16.5. The summed E-state index contributed by atoms with van der Waals surface area (Å²) < 4.78 is 2.13. The Labute approximate surface area is 141 Å². The van der Waals surface area contributed by atoms with E-state index in [4.69, 9.17) is 4.98 Å². The minimum absolute atomic E-state index is 0.0393. The Hall–Kier alpha value is -1.39. The maximum absolute atomic E-state index is 10.5. The van der Waals surface area contributed by atoms with Crippen LogP contribution in [0.2, 0.25) is 18.1 Å². The van der Waals surface area contributed by atoms with E-state index in [0.29, 0.717) is 5.92 Å². The van der Waals surface area contributed by atoms with Gasteiger partial charge in [0, 0.05) is 24.7 Å². The van der Waals surface area contributed by atoms with E-state index in [1.807, 2.05) is 13.1 Å². The number of aromatic nitrogens is 2. The van der Waals surface area contributed by atoms with Crippen LogP contribution >= 0.6 is 0 Å². The van der Waals surface area contributed by atoms with Crippen molar-refractivity contribution in [3.63, 3.8) is 0 Å². The van der Waals surface area contributed by atoms with Gasteiger partial charge in [-0.25, -0.2) is 4.98 Å². The van der Waals surface area contributed by atoms with Gasteiger partial charge in [0.1, 0.15) is 5.82 Å². The highest BCUT2D eigenvalue weighted by Crippen LogP contribution is 2.43. The van der Waals surface area contributed by atoms with Gasteiger partial charge < -0.3 is 9.36 Å². The Morgan fingerprint density at radius 3 is 2.30 bits per heavy atom. The predicted octanol–water partition coefficient (Wildman–Crippen LogP) is 4.87. The number of nitrogens with zero attached hydrogens (tertiary/aromatic N) is 2. The summed E-state index contributed by atoms with van der Waals surface area (Å²) in [6.45, 7) is 12.7. The monoisotopic (exact) mass is 330 g/mol. The highest BCUT2D eigenvalue weighted by atomic mass is 28.4. The van der Waals surface area contributed by atoms with E-state index >= 15 is 0 Å². The third-order valence-electron chi connectivity index (χ3n) is 5.17.